The zero-order chi connectivity index (χ0) is 25.6. The van der Waals surface area contributed by atoms with Gasteiger partial charge >= 0.3 is 5.97 Å². The van der Waals surface area contributed by atoms with Crippen LogP contribution in [0, 0.1) is 0 Å². The number of rotatable bonds is 15. The van der Waals surface area contributed by atoms with Crippen LogP contribution in [0.4, 0.5) is 5.69 Å². The molecule has 6 heteroatoms. The molecule has 3 aromatic rings. The number of hydrogen-bond acceptors (Lipinski definition) is 4. The highest BCUT2D eigenvalue weighted by Crippen LogP contribution is 2.23. The largest absolute Gasteiger partial charge is 1.00 e. The van der Waals surface area contributed by atoms with Gasteiger partial charge in [-0.05, 0) is 66.9 Å². The van der Waals surface area contributed by atoms with E-state index in [9.17, 15) is 4.79 Å². The van der Waals surface area contributed by atoms with Crippen molar-refractivity contribution in [3.8, 4) is 17.2 Å². The summed E-state index contributed by atoms with van der Waals surface area (Å²) in [5.74, 6) is 2.34. The van der Waals surface area contributed by atoms with Gasteiger partial charge in [-0.15, -0.1) is 0 Å². The number of unbranched alkanes of at least 4 members (excludes halogenated alkanes) is 5. The van der Waals surface area contributed by atoms with Crippen LogP contribution in [0.5, 0.6) is 17.2 Å². The van der Waals surface area contributed by atoms with Crippen molar-refractivity contribution in [3.63, 3.8) is 0 Å². The van der Waals surface area contributed by atoms with Gasteiger partial charge < -0.3 is 38.2 Å². The molecule has 0 N–H and O–H groups in total. The Kier molecular flexibility index (Phi) is 13.5. The van der Waals surface area contributed by atoms with Gasteiger partial charge in [0.2, 0.25) is 0 Å². The van der Waals surface area contributed by atoms with Crippen LogP contribution in [0.25, 0.3) is 0 Å². The van der Waals surface area contributed by atoms with E-state index in [2.05, 4.69) is 33.3 Å². The van der Waals surface area contributed by atoms with E-state index in [4.69, 9.17) is 14.2 Å². The first-order valence-corrected chi connectivity index (χ1v) is 12.9. The molecule has 0 fully saturated rings. The molecule has 0 aliphatic carbocycles. The van der Waals surface area contributed by atoms with E-state index in [1.807, 2.05) is 66.7 Å². The number of carbonyl (C=O) groups excluding carboxylic acids is 1. The van der Waals surface area contributed by atoms with Crippen LogP contribution in [0.2, 0.25) is 0 Å². The second-order valence-electron chi connectivity index (χ2n) is 9.93. The van der Waals surface area contributed by atoms with Crippen LogP contribution >= 0.6 is 0 Å². The van der Waals surface area contributed by atoms with Crippen LogP contribution in [0.15, 0.2) is 78.9 Å². The molecule has 5 nitrogen and oxygen atoms in total. The molecule has 0 bridgehead atoms. The maximum absolute atomic E-state index is 12.1. The number of ether oxygens (including phenoxy) is 3. The molecule has 0 aliphatic rings. The zero-order valence-electron chi connectivity index (χ0n) is 22.3. The number of para-hydroxylation sites is 1. The number of hydrogen-bond donors (Lipinski definition) is 0. The molecule has 0 saturated carbocycles. The second kappa shape index (κ2) is 16.3. The summed E-state index contributed by atoms with van der Waals surface area (Å²) in [4.78, 5) is 12.1. The molecular formula is C31H40INO4. The summed E-state index contributed by atoms with van der Waals surface area (Å²) in [7, 11) is 6.38. The summed E-state index contributed by atoms with van der Waals surface area (Å²) in [5, 5.41) is 0. The summed E-state index contributed by atoms with van der Waals surface area (Å²) in [6, 6.07) is 25.7. The lowest BCUT2D eigenvalue weighted by Gasteiger charge is -2.23. The first kappa shape index (κ1) is 30.6. The Morgan fingerprint density at radius 3 is 1.81 bits per heavy atom. The zero-order valence-corrected chi connectivity index (χ0v) is 24.5. The fraction of sp³-hybridized carbons (Fsp3) is 0.387. The molecule has 0 spiro atoms. The van der Waals surface area contributed by atoms with E-state index in [0.717, 1.165) is 59.4 Å². The van der Waals surface area contributed by atoms with E-state index < -0.39 is 0 Å². The van der Waals surface area contributed by atoms with Crippen molar-refractivity contribution < 1.29 is 43.0 Å². The lowest BCUT2D eigenvalue weighted by atomic mass is 10.1. The minimum Gasteiger partial charge on any atom is -1.00 e. The maximum Gasteiger partial charge on any atom is 0.310 e. The first-order valence-electron chi connectivity index (χ1n) is 12.9. The fourth-order valence-corrected chi connectivity index (χ4v) is 3.79. The third kappa shape index (κ3) is 12.0. The molecule has 0 aromatic heterocycles. The van der Waals surface area contributed by atoms with Crippen molar-refractivity contribution in [2.24, 2.45) is 0 Å². The third-order valence-electron chi connectivity index (χ3n) is 5.93. The van der Waals surface area contributed by atoms with Crippen LogP contribution in [0.3, 0.4) is 0 Å². The predicted molar refractivity (Wildman–Crippen MR) is 147 cm³/mol. The fourth-order valence-electron chi connectivity index (χ4n) is 3.79. The van der Waals surface area contributed by atoms with Gasteiger partial charge in [-0.25, -0.2) is 0 Å². The molecular weight excluding hydrogens is 577 g/mol. The average molecular weight is 618 g/mol. The lowest BCUT2D eigenvalue weighted by molar-refractivity contribution is -0.142. The van der Waals surface area contributed by atoms with Crippen molar-refractivity contribution in [1.29, 1.82) is 0 Å². The Labute approximate surface area is 239 Å². The molecule has 0 radical (unpaired) electrons. The summed E-state index contributed by atoms with van der Waals surface area (Å²) < 4.78 is 17.8. The summed E-state index contributed by atoms with van der Waals surface area (Å²) in [6.07, 6.45) is 6.81. The minimum absolute atomic E-state index is 0. The molecule has 0 unspecified atom stereocenters. The summed E-state index contributed by atoms with van der Waals surface area (Å²) in [6.45, 7) is 1.22. The number of esters is 1. The number of benzene rings is 3. The van der Waals surface area contributed by atoms with Gasteiger partial charge in [0.25, 0.3) is 0 Å². The minimum atomic E-state index is -0.148. The number of nitrogens with zero attached hydrogens (tertiary/aromatic N) is 1. The second-order valence-corrected chi connectivity index (χ2v) is 9.93. The highest BCUT2D eigenvalue weighted by Gasteiger charge is 2.12. The standard InChI is InChI=1S/C31H40NO4.HI/c1-32(2,3)27-17-15-26(16-18-27)25-31(33)35-24-12-7-5-4-6-11-23-34-28-19-21-30(22-20-28)36-29-13-9-8-10-14-29;/h8-10,13-22H,4-7,11-12,23-25H2,1-3H3;1H/q+1;/p-1. The van der Waals surface area contributed by atoms with E-state index in [-0.39, 0.29) is 29.9 Å². The molecule has 0 saturated heterocycles. The number of carbonyl (C=O) groups is 1. The van der Waals surface area contributed by atoms with Gasteiger partial charge in [0, 0.05) is 0 Å². The summed E-state index contributed by atoms with van der Waals surface area (Å²) >= 11 is 0. The Hall–Kier alpha value is -2.58. The molecule has 0 atom stereocenters. The van der Waals surface area contributed by atoms with Crippen molar-refractivity contribution in [1.82, 2.24) is 4.48 Å². The highest BCUT2D eigenvalue weighted by atomic mass is 127. The van der Waals surface area contributed by atoms with E-state index >= 15 is 0 Å². The third-order valence-corrected chi connectivity index (χ3v) is 5.93. The highest BCUT2D eigenvalue weighted by molar-refractivity contribution is 5.72. The molecule has 37 heavy (non-hydrogen) atoms. The number of quaternary nitrogens is 1. The van der Waals surface area contributed by atoms with Crippen molar-refractivity contribution in [2.75, 3.05) is 34.4 Å². The van der Waals surface area contributed by atoms with Crippen LogP contribution in [-0.4, -0.2) is 40.3 Å². The quantitative estimate of drug-likeness (QED) is 0.111. The van der Waals surface area contributed by atoms with Crippen molar-refractivity contribution in [2.45, 2.75) is 44.9 Å². The van der Waals surface area contributed by atoms with Gasteiger partial charge in [0.15, 0.2) is 0 Å². The van der Waals surface area contributed by atoms with E-state index in [0.29, 0.717) is 19.6 Å². The molecule has 3 rings (SSSR count). The SMILES string of the molecule is C[N+](C)(C)c1ccc(CC(=O)OCCCCCCCCOc2ccc(Oc3ccccc3)cc2)cc1.[I-]. The Balaban J connectivity index is 0.00000481. The molecule has 200 valence electrons. The van der Waals surface area contributed by atoms with Gasteiger partial charge in [-0.2, -0.15) is 0 Å². The lowest BCUT2D eigenvalue weighted by Crippen LogP contribution is -3.00. The average Bonchev–Trinajstić information content (AvgIpc) is 2.86. The van der Waals surface area contributed by atoms with Gasteiger partial charge in [0.05, 0.1) is 40.8 Å². The smallest absolute Gasteiger partial charge is 0.310 e. The van der Waals surface area contributed by atoms with Crippen LogP contribution in [0.1, 0.15) is 44.1 Å². The van der Waals surface area contributed by atoms with Crippen LogP contribution in [-0.2, 0) is 16.0 Å². The molecule has 0 heterocycles. The maximum atomic E-state index is 12.1. The normalized spacial score (nSPS) is 10.9. The van der Waals surface area contributed by atoms with Gasteiger partial charge in [-0.1, -0.05) is 56.0 Å². The van der Waals surface area contributed by atoms with Crippen molar-refractivity contribution >= 4 is 11.7 Å². The topological polar surface area (TPSA) is 44.8 Å². The number of halogens is 1. The molecule has 0 aliphatic heterocycles. The molecule has 0 amide bonds. The Morgan fingerprint density at radius 1 is 0.649 bits per heavy atom. The van der Waals surface area contributed by atoms with Gasteiger partial charge in [0.1, 0.15) is 22.9 Å². The first-order chi connectivity index (χ1) is 17.4. The Morgan fingerprint density at radius 2 is 1.19 bits per heavy atom. The summed E-state index contributed by atoms with van der Waals surface area (Å²) in [5.41, 5.74) is 2.21. The molecule has 3 aromatic carbocycles. The van der Waals surface area contributed by atoms with Gasteiger partial charge in [-0.3, -0.25) is 9.28 Å². The van der Waals surface area contributed by atoms with E-state index in [1.54, 1.807) is 0 Å². The van der Waals surface area contributed by atoms with Crippen LogP contribution < -0.4 is 37.9 Å². The predicted octanol–water partition coefficient (Wildman–Crippen LogP) is 4.18. The Bertz CT molecular complexity index is 1030. The van der Waals surface area contributed by atoms with E-state index in [1.165, 1.54) is 12.1 Å². The monoisotopic (exact) mass is 617 g/mol. The van der Waals surface area contributed by atoms with Crippen molar-refractivity contribution in [3.05, 3.63) is 84.4 Å².